The molecule has 4 aliphatic carbocycles. The molecule has 0 amide bonds. The Labute approximate surface area is 483 Å². The number of nitrogens with zero attached hydrogens (tertiary/aromatic N) is 5. The number of hydrogen-bond donors (Lipinski definition) is 0. The van der Waals surface area contributed by atoms with Crippen molar-refractivity contribution in [2.75, 3.05) is 9.80 Å². The minimum absolute atomic E-state index is 0. The van der Waals surface area contributed by atoms with E-state index in [9.17, 15) is 0 Å². The molecule has 80 heavy (non-hydrogen) atoms. The SMILES string of the molecule is [Pt].[c-]1c(Oc2[c-]c3c(cc2)c2ccccc2n3-c2cc(C3(C4=CC=CN5C=CC=CB45)C4CC5CC(C4)CC3C5)ccn2)cc(-c2ccccc2)cc1N1[CH-]N(c2c(-c3ccccc3)cccc2-c2ccccc2)c2ccccc21. The molecule has 4 saturated carbocycles. The van der Waals surface area contributed by atoms with Crippen LogP contribution >= 0.6 is 0 Å². The largest absolute Gasteiger partial charge is 0.509 e. The first kappa shape index (κ1) is 48.7. The van der Waals surface area contributed by atoms with Crippen molar-refractivity contribution < 1.29 is 25.8 Å². The van der Waals surface area contributed by atoms with Gasteiger partial charge in [-0.2, -0.15) is 6.07 Å². The molecular weight excluding hydrogens is 1160 g/mol. The molecule has 0 atom stereocenters. The summed E-state index contributed by atoms with van der Waals surface area (Å²) >= 11 is 0. The van der Waals surface area contributed by atoms with Gasteiger partial charge in [0.1, 0.15) is 5.82 Å². The van der Waals surface area contributed by atoms with Crippen LogP contribution in [0.5, 0.6) is 11.5 Å². The summed E-state index contributed by atoms with van der Waals surface area (Å²) in [7, 11) is 0. The third-order valence-corrected chi connectivity index (χ3v) is 18.2. The summed E-state index contributed by atoms with van der Waals surface area (Å²) in [5.74, 6) is 7.34. The predicted molar refractivity (Wildman–Crippen MR) is 322 cm³/mol. The average molecular weight is 1210 g/mol. The number of rotatable bonds is 10. The van der Waals surface area contributed by atoms with E-state index in [-0.39, 0.29) is 33.3 Å². The summed E-state index contributed by atoms with van der Waals surface area (Å²) in [6, 6.07) is 76.9. The molecule has 0 N–H and O–H groups in total. The van der Waals surface area contributed by atoms with E-state index in [0.717, 1.165) is 95.6 Å². The van der Waals surface area contributed by atoms with Crippen molar-refractivity contribution >= 4 is 51.4 Å². The molecule has 2 aromatic heterocycles. The summed E-state index contributed by atoms with van der Waals surface area (Å²) < 4.78 is 9.41. The summed E-state index contributed by atoms with van der Waals surface area (Å²) in [5.41, 5.74) is 15.6. The van der Waals surface area contributed by atoms with Gasteiger partial charge in [-0.1, -0.05) is 169 Å². The molecule has 5 heterocycles. The quantitative estimate of drug-likeness (QED) is 0.101. The zero-order valence-electron chi connectivity index (χ0n) is 44.1. The number of fused-ring (bicyclic) bond motifs is 5. The van der Waals surface area contributed by atoms with Gasteiger partial charge in [-0.05, 0) is 138 Å². The second-order valence-electron chi connectivity index (χ2n) is 22.5. The topological polar surface area (TPSA) is 36.8 Å². The second kappa shape index (κ2) is 19.8. The zero-order valence-corrected chi connectivity index (χ0v) is 46.3. The standard InChI is InChI=1S/C72H55BN5O.Pt/c1-4-18-51(19-5-1)54-43-58(76-48-77(67-29-13-12-28-66(67)76)71-61(52-20-6-2-7-21-52)25-16-26-62(71)53-22-8-3-9-23-53)46-60(44-54)79-59-31-32-64-63-24-10-11-27-65(63)78(68(64)47-59)70-45-55(33-35-74-70)72(56-39-49-38-50(41-56)42-57(72)40-49)69-30-17-37-75-36-15-14-34-73(69)75;/h1-37,43-45,48-50,56-57H,38-42H2;/q-3;. The Bertz CT molecular complexity index is 4060. The number of hydrogen-bond acceptors (Lipinski definition) is 5. The van der Waals surface area contributed by atoms with Gasteiger partial charge in [-0.25, -0.2) is 4.98 Å². The van der Waals surface area contributed by atoms with Crippen molar-refractivity contribution in [3.05, 3.63) is 273 Å². The van der Waals surface area contributed by atoms with Crippen LogP contribution < -0.4 is 14.5 Å². The van der Waals surface area contributed by atoms with Gasteiger partial charge >= 0.3 is 6.85 Å². The minimum Gasteiger partial charge on any atom is -0.509 e. The van der Waals surface area contributed by atoms with Gasteiger partial charge in [0.25, 0.3) is 0 Å². The second-order valence-corrected chi connectivity index (χ2v) is 22.5. The summed E-state index contributed by atoms with van der Waals surface area (Å²) in [6.07, 6.45) is 22.3. The number of pyridine rings is 1. The van der Waals surface area contributed by atoms with Crippen LogP contribution in [0.4, 0.5) is 22.7 Å². The first-order chi connectivity index (χ1) is 39.1. The Balaban J connectivity index is 0.00000552. The van der Waals surface area contributed by atoms with E-state index < -0.39 is 0 Å². The molecule has 0 radical (unpaired) electrons. The van der Waals surface area contributed by atoms with E-state index in [2.05, 4.69) is 281 Å². The van der Waals surface area contributed by atoms with E-state index in [1.165, 1.54) is 43.1 Å². The van der Waals surface area contributed by atoms with Crippen LogP contribution in [0.15, 0.2) is 248 Å². The van der Waals surface area contributed by atoms with Crippen LogP contribution in [0, 0.1) is 42.5 Å². The minimum atomic E-state index is -0.0951. The van der Waals surface area contributed by atoms with Crippen LogP contribution in [-0.2, 0) is 26.5 Å². The number of anilines is 4. The maximum Gasteiger partial charge on any atom is 0.316 e. The number of ether oxygens (including phenoxy) is 1. The number of benzene rings is 8. The fourth-order valence-corrected chi connectivity index (χ4v) is 15.3. The summed E-state index contributed by atoms with van der Waals surface area (Å²) in [5, 5.41) is 2.26. The first-order valence-electron chi connectivity index (χ1n) is 28.1. The molecule has 6 nitrogen and oxygen atoms in total. The maximum atomic E-state index is 7.09. The number of allylic oxidation sites excluding steroid dienone is 5. The fraction of sp³-hybridized carbons (Fsp3) is 0.139. The van der Waals surface area contributed by atoms with Gasteiger partial charge in [0.15, 0.2) is 0 Å². The Morgan fingerprint density at radius 1 is 0.550 bits per heavy atom. The third kappa shape index (κ3) is 7.91. The monoisotopic (exact) mass is 1210 g/mol. The van der Waals surface area contributed by atoms with Gasteiger partial charge in [-0.3, -0.25) is 0 Å². The van der Waals surface area contributed by atoms with E-state index >= 15 is 0 Å². The smallest absolute Gasteiger partial charge is 0.316 e. The Hall–Kier alpha value is -8.38. The van der Waals surface area contributed by atoms with Crippen LogP contribution in [0.1, 0.15) is 37.7 Å². The molecule has 0 spiro atoms. The Morgan fingerprint density at radius 3 is 1.93 bits per heavy atom. The van der Waals surface area contributed by atoms with Gasteiger partial charge in [0.2, 0.25) is 0 Å². The van der Waals surface area contributed by atoms with E-state index in [0.29, 0.717) is 23.3 Å². The van der Waals surface area contributed by atoms with Crippen molar-refractivity contribution in [2.45, 2.75) is 37.5 Å². The van der Waals surface area contributed by atoms with Crippen LogP contribution in [0.25, 0.3) is 61.0 Å². The van der Waals surface area contributed by atoms with E-state index in [1.54, 1.807) is 0 Å². The fourth-order valence-electron chi connectivity index (χ4n) is 15.3. The molecule has 4 fully saturated rings. The van der Waals surface area contributed by atoms with Crippen LogP contribution in [0.2, 0.25) is 0 Å². The molecule has 4 bridgehead atoms. The molecule has 0 saturated heterocycles. The van der Waals surface area contributed by atoms with Crippen LogP contribution in [-0.4, -0.2) is 21.2 Å². The first-order valence-corrected chi connectivity index (χ1v) is 28.1. The number of para-hydroxylation sites is 4. The van der Waals surface area contributed by atoms with Gasteiger partial charge in [0.05, 0.1) is 0 Å². The van der Waals surface area contributed by atoms with Crippen molar-refractivity contribution in [1.29, 1.82) is 0 Å². The maximum absolute atomic E-state index is 7.09. The van der Waals surface area contributed by atoms with Gasteiger partial charge in [0, 0.05) is 77.9 Å². The molecule has 7 aliphatic rings. The van der Waals surface area contributed by atoms with Gasteiger partial charge in [-0.15, -0.1) is 53.6 Å². The Kier molecular flexibility index (Phi) is 12.0. The van der Waals surface area contributed by atoms with Crippen molar-refractivity contribution in [3.8, 4) is 50.7 Å². The predicted octanol–water partition coefficient (Wildman–Crippen LogP) is 17.6. The molecule has 10 aromatic rings. The van der Waals surface area contributed by atoms with Gasteiger partial charge < -0.3 is 23.9 Å². The molecule has 390 valence electrons. The van der Waals surface area contributed by atoms with Crippen molar-refractivity contribution in [1.82, 2.24) is 14.4 Å². The zero-order chi connectivity index (χ0) is 52.0. The summed E-state index contributed by atoms with van der Waals surface area (Å²) in [4.78, 5) is 12.3. The average Bonchev–Trinajstić information content (AvgIpc) is 4.18. The molecule has 3 aliphatic heterocycles. The Morgan fingerprint density at radius 2 is 1.20 bits per heavy atom. The third-order valence-electron chi connectivity index (χ3n) is 18.2. The van der Waals surface area contributed by atoms with Crippen LogP contribution in [0.3, 0.4) is 0 Å². The molecule has 8 heteroatoms. The van der Waals surface area contributed by atoms with E-state index in [4.69, 9.17) is 9.72 Å². The molecule has 17 rings (SSSR count). The van der Waals surface area contributed by atoms with Crippen molar-refractivity contribution in [3.63, 3.8) is 0 Å². The van der Waals surface area contributed by atoms with Crippen molar-refractivity contribution in [2.24, 2.45) is 23.7 Å². The molecular formula is C72H55BN5OPt-3. The molecule has 8 aromatic carbocycles. The summed E-state index contributed by atoms with van der Waals surface area (Å²) in [6.45, 7) is 2.42. The normalized spacial score (nSPS) is 21.2. The number of aromatic nitrogens is 2. The van der Waals surface area contributed by atoms with E-state index in [1.807, 2.05) is 0 Å². The molecule has 0 unspecified atom stereocenters.